The molecule has 1 aliphatic heterocycles. The topological polar surface area (TPSA) is 73.9 Å². The van der Waals surface area contributed by atoms with E-state index in [9.17, 15) is 9.18 Å². The minimum atomic E-state index is -0.489. The third kappa shape index (κ3) is 3.10. The van der Waals surface area contributed by atoms with Crippen LogP contribution in [-0.2, 0) is 0 Å². The average Bonchev–Trinajstić information content (AvgIpc) is 2.96. The van der Waals surface area contributed by atoms with Gasteiger partial charge in [0, 0.05) is 25.2 Å². The fourth-order valence-corrected chi connectivity index (χ4v) is 3.27. The van der Waals surface area contributed by atoms with Crippen LogP contribution in [0.1, 0.15) is 28.4 Å². The minimum absolute atomic E-state index is 0.0500. The molecule has 0 saturated carbocycles. The lowest BCUT2D eigenvalue weighted by atomic mass is 10.1. The summed E-state index contributed by atoms with van der Waals surface area (Å²) in [4.78, 5) is 14.8. The van der Waals surface area contributed by atoms with Gasteiger partial charge in [-0.05, 0) is 24.6 Å². The summed E-state index contributed by atoms with van der Waals surface area (Å²) in [6.07, 6.45) is 0.840. The molecule has 6 nitrogen and oxygen atoms in total. The van der Waals surface area contributed by atoms with E-state index in [1.807, 2.05) is 30.3 Å². The zero-order valence-corrected chi connectivity index (χ0v) is 13.6. The number of rotatable bonds is 2. The highest BCUT2D eigenvalue weighted by Crippen LogP contribution is 2.22. The number of H-pyrrole nitrogens is 1. The number of halogens is 1. The second-order valence-electron chi connectivity index (χ2n) is 6.17. The first-order valence-electron chi connectivity index (χ1n) is 8.30. The molecule has 128 valence electrons. The first kappa shape index (κ1) is 15.7. The Balaban J connectivity index is 1.65. The maximum absolute atomic E-state index is 13.9. The van der Waals surface area contributed by atoms with Crippen LogP contribution in [0.15, 0.2) is 42.5 Å². The first-order chi connectivity index (χ1) is 12.2. The number of nitrogens with zero attached hydrogens (tertiary/aromatic N) is 3. The van der Waals surface area contributed by atoms with Gasteiger partial charge in [-0.15, -0.1) is 0 Å². The van der Waals surface area contributed by atoms with Gasteiger partial charge in [0.25, 0.3) is 5.91 Å². The van der Waals surface area contributed by atoms with Gasteiger partial charge in [-0.1, -0.05) is 30.3 Å². The number of aromatic nitrogens is 3. The van der Waals surface area contributed by atoms with Crippen molar-refractivity contribution < 1.29 is 9.18 Å². The van der Waals surface area contributed by atoms with Gasteiger partial charge in [-0.2, -0.15) is 15.4 Å². The molecule has 2 N–H and O–H groups in total. The highest BCUT2D eigenvalue weighted by Gasteiger charge is 2.26. The Morgan fingerprint density at radius 3 is 2.88 bits per heavy atom. The van der Waals surface area contributed by atoms with Crippen LogP contribution in [-0.4, -0.2) is 45.9 Å². The molecule has 1 saturated heterocycles. The number of benzene rings is 2. The normalized spacial score (nSPS) is 18.3. The number of aromatic amines is 1. The Labute approximate surface area is 144 Å². The predicted molar refractivity (Wildman–Crippen MR) is 91.6 cm³/mol. The van der Waals surface area contributed by atoms with E-state index in [0.29, 0.717) is 24.1 Å². The largest absolute Gasteiger partial charge is 0.337 e. The van der Waals surface area contributed by atoms with Crippen molar-refractivity contribution >= 4 is 16.9 Å². The van der Waals surface area contributed by atoms with Crippen molar-refractivity contribution in [3.05, 3.63) is 59.4 Å². The molecule has 1 aliphatic rings. The SMILES string of the molecule is O=C(c1cc(F)cc2n[nH]nc12)N1CCCNC(c2ccccc2)C1. The molecule has 2 heterocycles. The molecule has 1 fully saturated rings. The Kier molecular flexibility index (Phi) is 4.15. The summed E-state index contributed by atoms with van der Waals surface area (Å²) in [7, 11) is 0. The lowest BCUT2D eigenvalue weighted by Crippen LogP contribution is -2.36. The van der Waals surface area contributed by atoms with E-state index in [4.69, 9.17) is 0 Å². The quantitative estimate of drug-likeness (QED) is 0.751. The van der Waals surface area contributed by atoms with E-state index in [0.717, 1.165) is 18.5 Å². The van der Waals surface area contributed by atoms with Crippen LogP contribution in [0.25, 0.3) is 11.0 Å². The van der Waals surface area contributed by atoms with Crippen LogP contribution < -0.4 is 5.32 Å². The highest BCUT2D eigenvalue weighted by atomic mass is 19.1. The summed E-state index contributed by atoms with van der Waals surface area (Å²) in [5, 5.41) is 13.8. The lowest BCUT2D eigenvalue weighted by Gasteiger charge is -2.25. The van der Waals surface area contributed by atoms with Crippen molar-refractivity contribution in [1.82, 2.24) is 25.6 Å². The molecule has 4 rings (SSSR count). The third-order valence-corrected chi connectivity index (χ3v) is 4.50. The molecular formula is C18H18FN5O. The fraction of sp³-hybridized carbons (Fsp3) is 0.278. The molecule has 0 radical (unpaired) electrons. The standard InChI is InChI=1S/C18H18FN5O/c19-13-9-14(17-15(10-13)21-23-22-17)18(25)24-8-4-7-20-16(11-24)12-5-2-1-3-6-12/h1-3,5-6,9-10,16,20H,4,7-8,11H2,(H,21,22,23). The van der Waals surface area contributed by atoms with E-state index >= 15 is 0 Å². The van der Waals surface area contributed by atoms with Crippen LogP contribution in [0.5, 0.6) is 0 Å². The molecule has 0 aliphatic carbocycles. The maximum atomic E-state index is 13.9. The zero-order valence-electron chi connectivity index (χ0n) is 13.6. The summed E-state index contributed by atoms with van der Waals surface area (Å²) in [5.74, 6) is -0.708. The van der Waals surface area contributed by atoms with Crippen molar-refractivity contribution in [3.8, 4) is 0 Å². The van der Waals surface area contributed by atoms with Crippen LogP contribution in [0.4, 0.5) is 4.39 Å². The van der Waals surface area contributed by atoms with Crippen molar-refractivity contribution in [2.75, 3.05) is 19.6 Å². The summed E-state index contributed by atoms with van der Waals surface area (Å²) >= 11 is 0. The van der Waals surface area contributed by atoms with Gasteiger partial charge >= 0.3 is 0 Å². The number of carbonyl (C=O) groups excluding carboxylic acids is 1. The smallest absolute Gasteiger partial charge is 0.256 e. The zero-order chi connectivity index (χ0) is 17.2. The molecule has 25 heavy (non-hydrogen) atoms. The second kappa shape index (κ2) is 6.60. The van der Waals surface area contributed by atoms with E-state index in [2.05, 4.69) is 20.7 Å². The second-order valence-corrected chi connectivity index (χ2v) is 6.17. The molecule has 7 heteroatoms. The van der Waals surface area contributed by atoms with Gasteiger partial charge in [0.15, 0.2) is 0 Å². The average molecular weight is 339 g/mol. The van der Waals surface area contributed by atoms with Gasteiger partial charge in [0.1, 0.15) is 16.9 Å². The molecule has 0 bridgehead atoms. The van der Waals surface area contributed by atoms with Crippen LogP contribution in [0.2, 0.25) is 0 Å². The predicted octanol–water partition coefficient (Wildman–Crippen LogP) is 2.27. The monoisotopic (exact) mass is 339 g/mol. The Hall–Kier alpha value is -2.80. The molecule has 0 spiro atoms. The lowest BCUT2D eigenvalue weighted by molar-refractivity contribution is 0.0754. The number of hydrogen-bond acceptors (Lipinski definition) is 4. The van der Waals surface area contributed by atoms with Gasteiger partial charge in [0.2, 0.25) is 0 Å². The van der Waals surface area contributed by atoms with E-state index in [1.165, 1.54) is 12.1 Å². The highest BCUT2D eigenvalue weighted by molar-refractivity contribution is 6.04. The van der Waals surface area contributed by atoms with Crippen LogP contribution in [0, 0.1) is 5.82 Å². The number of hydrogen-bond donors (Lipinski definition) is 2. The fourth-order valence-electron chi connectivity index (χ4n) is 3.27. The number of carbonyl (C=O) groups is 1. The van der Waals surface area contributed by atoms with E-state index in [1.54, 1.807) is 4.90 Å². The molecule has 1 unspecified atom stereocenters. The molecule has 2 aromatic carbocycles. The third-order valence-electron chi connectivity index (χ3n) is 4.50. The van der Waals surface area contributed by atoms with Crippen molar-refractivity contribution in [3.63, 3.8) is 0 Å². The Morgan fingerprint density at radius 2 is 2.04 bits per heavy atom. The summed E-state index contributed by atoms with van der Waals surface area (Å²) in [6.45, 7) is 1.97. The number of nitrogens with one attached hydrogen (secondary N) is 2. The summed E-state index contributed by atoms with van der Waals surface area (Å²) in [5.41, 5.74) is 2.14. The van der Waals surface area contributed by atoms with Crippen molar-refractivity contribution in [2.24, 2.45) is 0 Å². The van der Waals surface area contributed by atoms with Crippen LogP contribution in [0.3, 0.4) is 0 Å². The molecule has 3 aromatic rings. The molecular weight excluding hydrogens is 321 g/mol. The van der Waals surface area contributed by atoms with Crippen LogP contribution >= 0.6 is 0 Å². The maximum Gasteiger partial charge on any atom is 0.256 e. The molecule has 1 atom stereocenters. The summed E-state index contributed by atoms with van der Waals surface area (Å²) < 4.78 is 13.9. The first-order valence-corrected chi connectivity index (χ1v) is 8.30. The van der Waals surface area contributed by atoms with Gasteiger partial charge < -0.3 is 10.2 Å². The van der Waals surface area contributed by atoms with E-state index < -0.39 is 5.82 Å². The van der Waals surface area contributed by atoms with Gasteiger partial charge in [0.05, 0.1) is 5.56 Å². The van der Waals surface area contributed by atoms with Gasteiger partial charge in [-0.3, -0.25) is 4.79 Å². The van der Waals surface area contributed by atoms with Crippen molar-refractivity contribution in [1.29, 1.82) is 0 Å². The summed E-state index contributed by atoms with van der Waals surface area (Å²) in [6, 6.07) is 12.6. The van der Waals surface area contributed by atoms with E-state index in [-0.39, 0.29) is 17.5 Å². The molecule has 1 amide bonds. The minimum Gasteiger partial charge on any atom is -0.337 e. The Morgan fingerprint density at radius 1 is 1.20 bits per heavy atom. The number of amides is 1. The van der Waals surface area contributed by atoms with Crippen molar-refractivity contribution in [2.45, 2.75) is 12.5 Å². The number of fused-ring (bicyclic) bond motifs is 1. The van der Waals surface area contributed by atoms with Gasteiger partial charge in [-0.25, -0.2) is 4.39 Å². The molecule has 1 aromatic heterocycles. The Bertz CT molecular complexity index is 895.